The molecule has 3 aromatic rings. The second kappa shape index (κ2) is 6.36. The molecule has 0 fully saturated rings. The van der Waals surface area contributed by atoms with Crippen LogP contribution in [0, 0.1) is 0 Å². The van der Waals surface area contributed by atoms with Gasteiger partial charge in [0.2, 0.25) is 0 Å². The highest BCUT2D eigenvalue weighted by molar-refractivity contribution is 5.93. The number of aromatic amines is 1. The first-order chi connectivity index (χ1) is 10.8. The number of nitrogens with one attached hydrogen (secondary N) is 2. The molecule has 112 valence electrons. The van der Waals surface area contributed by atoms with Gasteiger partial charge in [0.25, 0.3) is 5.91 Å². The molecule has 2 heterocycles. The van der Waals surface area contributed by atoms with Gasteiger partial charge >= 0.3 is 0 Å². The van der Waals surface area contributed by atoms with E-state index in [4.69, 9.17) is 4.74 Å². The number of nitrogens with zero attached hydrogens (tertiary/aromatic N) is 2. The number of H-pyrrole nitrogens is 1. The third kappa shape index (κ3) is 2.96. The summed E-state index contributed by atoms with van der Waals surface area (Å²) in [5.74, 6) is -0.233. The van der Waals surface area contributed by atoms with Gasteiger partial charge in [-0.1, -0.05) is 6.07 Å². The van der Waals surface area contributed by atoms with E-state index < -0.39 is 0 Å². The Morgan fingerprint density at radius 3 is 3.05 bits per heavy atom. The normalized spacial score (nSPS) is 10.8. The molecule has 0 atom stereocenters. The average Bonchev–Trinajstić information content (AvgIpc) is 3.02. The number of hydrogen-bond acceptors (Lipinski definition) is 4. The molecule has 22 heavy (non-hydrogen) atoms. The van der Waals surface area contributed by atoms with E-state index >= 15 is 0 Å². The number of rotatable bonds is 5. The highest BCUT2D eigenvalue weighted by Gasteiger charge is 2.09. The Hall–Kier alpha value is -2.73. The maximum atomic E-state index is 12.0. The van der Waals surface area contributed by atoms with Crippen LogP contribution in [0.4, 0.5) is 0 Å². The number of ether oxygens (including phenoxy) is 1. The standard InChI is InChI=1S/C16H16N4O2/c1-22-7-6-18-16(21)15-9-14(19-10-20-15)11-2-3-13-12(8-11)4-5-17-13/h2-5,8-10,17H,6-7H2,1H3,(H,18,21). The van der Waals surface area contributed by atoms with E-state index in [2.05, 4.69) is 20.3 Å². The molecule has 2 N–H and O–H groups in total. The van der Waals surface area contributed by atoms with Gasteiger partial charge in [0.15, 0.2) is 0 Å². The molecule has 0 saturated carbocycles. The van der Waals surface area contributed by atoms with Gasteiger partial charge in [-0.3, -0.25) is 4.79 Å². The van der Waals surface area contributed by atoms with Crippen molar-refractivity contribution < 1.29 is 9.53 Å². The number of fused-ring (bicyclic) bond motifs is 1. The van der Waals surface area contributed by atoms with Gasteiger partial charge in [-0.15, -0.1) is 0 Å². The second-order valence-electron chi connectivity index (χ2n) is 4.82. The molecule has 0 aliphatic rings. The first kappa shape index (κ1) is 14.2. The predicted octanol–water partition coefficient (Wildman–Crippen LogP) is 2.00. The van der Waals surface area contributed by atoms with E-state index in [0.717, 1.165) is 22.2 Å². The highest BCUT2D eigenvalue weighted by Crippen LogP contribution is 2.22. The van der Waals surface area contributed by atoms with E-state index in [1.165, 1.54) is 6.33 Å². The third-order valence-electron chi connectivity index (χ3n) is 3.34. The molecule has 1 aromatic carbocycles. The monoisotopic (exact) mass is 296 g/mol. The van der Waals surface area contributed by atoms with Gasteiger partial charge in [0.05, 0.1) is 12.3 Å². The molecule has 3 rings (SSSR count). The molecule has 0 aliphatic heterocycles. The van der Waals surface area contributed by atoms with Crippen LogP contribution in [0.25, 0.3) is 22.2 Å². The highest BCUT2D eigenvalue weighted by atomic mass is 16.5. The summed E-state index contributed by atoms with van der Waals surface area (Å²) in [6, 6.07) is 9.67. The molecule has 2 aromatic heterocycles. The van der Waals surface area contributed by atoms with E-state index in [1.54, 1.807) is 13.2 Å². The first-order valence-electron chi connectivity index (χ1n) is 6.94. The molecule has 0 aliphatic carbocycles. The lowest BCUT2D eigenvalue weighted by molar-refractivity contribution is 0.0932. The summed E-state index contributed by atoms with van der Waals surface area (Å²) in [5.41, 5.74) is 3.07. The zero-order chi connectivity index (χ0) is 15.4. The topological polar surface area (TPSA) is 79.9 Å². The number of amides is 1. The van der Waals surface area contributed by atoms with Crippen molar-refractivity contribution in [3.8, 4) is 11.3 Å². The number of hydrogen-bond donors (Lipinski definition) is 2. The summed E-state index contributed by atoms with van der Waals surface area (Å²) in [4.78, 5) is 23.4. The Balaban J connectivity index is 1.85. The van der Waals surface area contributed by atoms with Crippen molar-refractivity contribution in [3.63, 3.8) is 0 Å². The zero-order valence-corrected chi connectivity index (χ0v) is 12.2. The molecule has 0 saturated heterocycles. The zero-order valence-electron chi connectivity index (χ0n) is 12.2. The van der Waals surface area contributed by atoms with Crippen molar-refractivity contribution in [1.82, 2.24) is 20.3 Å². The van der Waals surface area contributed by atoms with Gasteiger partial charge in [-0.05, 0) is 24.3 Å². The fourth-order valence-corrected chi connectivity index (χ4v) is 2.21. The number of aromatic nitrogens is 3. The van der Waals surface area contributed by atoms with Crippen molar-refractivity contribution in [3.05, 3.63) is 48.5 Å². The molecule has 0 unspecified atom stereocenters. The first-order valence-corrected chi connectivity index (χ1v) is 6.94. The molecule has 0 spiro atoms. The Kier molecular flexibility index (Phi) is 4.11. The SMILES string of the molecule is COCCNC(=O)c1cc(-c2ccc3[nH]ccc3c2)ncn1. The number of benzene rings is 1. The Morgan fingerprint density at radius 2 is 2.18 bits per heavy atom. The summed E-state index contributed by atoms with van der Waals surface area (Å²) >= 11 is 0. The lowest BCUT2D eigenvalue weighted by Crippen LogP contribution is -2.27. The van der Waals surface area contributed by atoms with E-state index in [9.17, 15) is 4.79 Å². The van der Waals surface area contributed by atoms with Crippen molar-refractivity contribution in [2.45, 2.75) is 0 Å². The van der Waals surface area contributed by atoms with Crippen LogP contribution in [0.2, 0.25) is 0 Å². The van der Waals surface area contributed by atoms with Crippen molar-refractivity contribution in [1.29, 1.82) is 0 Å². The maximum Gasteiger partial charge on any atom is 0.270 e. The van der Waals surface area contributed by atoms with Gasteiger partial charge in [0, 0.05) is 36.3 Å². The summed E-state index contributed by atoms with van der Waals surface area (Å²) in [7, 11) is 1.59. The fourth-order valence-electron chi connectivity index (χ4n) is 2.21. The minimum absolute atomic E-state index is 0.233. The molecular weight excluding hydrogens is 280 g/mol. The van der Waals surface area contributed by atoms with Crippen LogP contribution in [0.5, 0.6) is 0 Å². The molecule has 1 amide bonds. The average molecular weight is 296 g/mol. The van der Waals surface area contributed by atoms with Crippen LogP contribution in [-0.4, -0.2) is 41.1 Å². The molecule has 0 radical (unpaired) electrons. The lowest BCUT2D eigenvalue weighted by Gasteiger charge is -2.06. The van der Waals surface area contributed by atoms with Crippen molar-refractivity contribution in [2.75, 3.05) is 20.3 Å². The maximum absolute atomic E-state index is 12.0. The van der Waals surface area contributed by atoms with Crippen LogP contribution < -0.4 is 5.32 Å². The van der Waals surface area contributed by atoms with E-state index in [-0.39, 0.29) is 5.91 Å². The molecular formula is C16H16N4O2. The number of carbonyl (C=O) groups is 1. The minimum Gasteiger partial charge on any atom is -0.383 e. The third-order valence-corrected chi connectivity index (χ3v) is 3.34. The Bertz CT molecular complexity index is 797. The van der Waals surface area contributed by atoms with Crippen LogP contribution in [0.3, 0.4) is 0 Å². The number of carbonyl (C=O) groups excluding carboxylic acids is 1. The molecule has 6 heteroatoms. The number of methoxy groups -OCH3 is 1. The summed E-state index contributed by atoms with van der Waals surface area (Å²) in [5, 5.41) is 3.84. The van der Waals surface area contributed by atoms with Crippen molar-refractivity contribution in [2.24, 2.45) is 0 Å². The molecule has 0 bridgehead atoms. The Morgan fingerprint density at radius 1 is 1.27 bits per heavy atom. The van der Waals surface area contributed by atoms with Crippen molar-refractivity contribution >= 4 is 16.8 Å². The van der Waals surface area contributed by atoms with Crippen LogP contribution in [0.1, 0.15) is 10.5 Å². The fraction of sp³-hybridized carbons (Fsp3) is 0.188. The van der Waals surface area contributed by atoms with Gasteiger partial charge in [-0.25, -0.2) is 9.97 Å². The summed E-state index contributed by atoms with van der Waals surface area (Å²) in [6.45, 7) is 0.915. The summed E-state index contributed by atoms with van der Waals surface area (Å²) < 4.78 is 4.90. The van der Waals surface area contributed by atoms with Crippen LogP contribution >= 0.6 is 0 Å². The lowest BCUT2D eigenvalue weighted by atomic mass is 10.1. The quantitative estimate of drug-likeness (QED) is 0.706. The smallest absolute Gasteiger partial charge is 0.270 e. The van der Waals surface area contributed by atoms with E-state index in [0.29, 0.717) is 18.8 Å². The largest absolute Gasteiger partial charge is 0.383 e. The second-order valence-corrected chi connectivity index (χ2v) is 4.82. The van der Waals surface area contributed by atoms with Gasteiger partial charge in [-0.2, -0.15) is 0 Å². The Labute approximate surface area is 127 Å². The summed E-state index contributed by atoms with van der Waals surface area (Å²) in [6.07, 6.45) is 3.30. The van der Waals surface area contributed by atoms with Gasteiger partial charge < -0.3 is 15.0 Å². The minimum atomic E-state index is -0.233. The van der Waals surface area contributed by atoms with Crippen LogP contribution in [-0.2, 0) is 4.74 Å². The van der Waals surface area contributed by atoms with E-state index in [1.807, 2.05) is 30.5 Å². The van der Waals surface area contributed by atoms with Gasteiger partial charge in [0.1, 0.15) is 12.0 Å². The predicted molar refractivity (Wildman–Crippen MR) is 83.5 cm³/mol. The van der Waals surface area contributed by atoms with Crippen LogP contribution in [0.15, 0.2) is 42.9 Å². The molecule has 6 nitrogen and oxygen atoms in total.